The highest BCUT2D eigenvalue weighted by Gasteiger charge is 2.23. The van der Waals surface area contributed by atoms with E-state index in [-0.39, 0.29) is 24.4 Å². The summed E-state index contributed by atoms with van der Waals surface area (Å²) >= 11 is 7.78. The van der Waals surface area contributed by atoms with Crippen molar-refractivity contribution >= 4 is 39.1 Å². The molecular weight excluding hydrogens is 416 g/mol. The molecule has 0 unspecified atom stereocenters. The number of benzene rings is 1. The van der Waals surface area contributed by atoms with Crippen molar-refractivity contribution in [2.75, 3.05) is 6.61 Å². The Balaban J connectivity index is 1.70. The number of nitrogens with one attached hydrogen (secondary N) is 1. The highest BCUT2D eigenvalue weighted by atomic mass is 35.5. The molecule has 154 valence electrons. The molecule has 2 heterocycles. The molecule has 0 bridgehead atoms. The van der Waals surface area contributed by atoms with Gasteiger partial charge in [-0.25, -0.2) is 15.0 Å². The third-order valence-electron chi connectivity index (χ3n) is 3.73. The summed E-state index contributed by atoms with van der Waals surface area (Å²) in [5.74, 6) is 0.849. The summed E-state index contributed by atoms with van der Waals surface area (Å²) in [6.07, 6.45) is 2.86. The highest BCUT2D eigenvalue weighted by molar-refractivity contribution is 7.19. The molecule has 1 atom stereocenters. The zero-order chi connectivity index (χ0) is 21.2. The molecule has 0 saturated heterocycles. The van der Waals surface area contributed by atoms with Crippen molar-refractivity contribution < 1.29 is 19.4 Å². The van der Waals surface area contributed by atoms with Gasteiger partial charge in [0.05, 0.1) is 28.7 Å². The number of nitrogens with zero attached hydrogens (tertiary/aromatic N) is 3. The lowest BCUT2D eigenvalue weighted by molar-refractivity contribution is -0.119. The van der Waals surface area contributed by atoms with Crippen LogP contribution in [0.4, 0.5) is 0 Å². The van der Waals surface area contributed by atoms with Crippen LogP contribution in [0.25, 0.3) is 10.2 Å². The van der Waals surface area contributed by atoms with Crippen molar-refractivity contribution in [2.24, 2.45) is 0 Å². The molecule has 3 aromatic rings. The molecule has 0 aliphatic heterocycles. The van der Waals surface area contributed by atoms with Crippen molar-refractivity contribution in [2.45, 2.75) is 39.3 Å². The van der Waals surface area contributed by atoms with Crippen LogP contribution < -0.4 is 14.8 Å². The lowest BCUT2D eigenvalue weighted by atomic mass is 10.1. The van der Waals surface area contributed by atoms with Crippen LogP contribution in [0.3, 0.4) is 0 Å². The molecule has 1 amide bonds. The number of ether oxygens (including phenoxy) is 2. The van der Waals surface area contributed by atoms with Gasteiger partial charge in [-0.3, -0.25) is 4.79 Å². The zero-order valence-corrected chi connectivity index (χ0v) is 18.0. The molecule has 8 nitrogen and oxygen atoms in total. The van der Waals surface area contributed by atoms with Gasteiger partial charge < -0.3 is 19.9 Å². The monoisotopic (exact) mass is 436 g/mol. The number of carbonyl (C=O) groups excluding carboxylic acids is 1. The molecular formula is C19H21ClN4O4S. The minimum absolute atomic E-state index is 0.125. The Kier molecular flexibility index (Phi) is 6.21. The third-order valence-corrected chi connectivity index (χ3v) is 5.62. The number of carbonyl (C=O) groups is 1. The SMILES string of the molecule is CC(=O)N[C@@H](C)COc1cnc(Oc2ccc3nc(C(C)(C)O)sc3c2Cl)cn1. The molecule has 0 fully saturated rings. The third kappa shape index (κ3) is 5.31. The smallest absolute Gasteiger partial charge is 0.238 e. The summed E-state index contributed by atoms with van der Waals surface area (Å²) < 4.78 is 12.0. The number of halogens is 1. The van der Waals surface area contributed by atoms with Crippen LogP contribution in [0.5, 0.6) is 17.5 Å². The Bertz CT molecular complexity index is 1020. The molecule has 2 aromatic heterocycles. The van der Waals surface area contributed by atoms with Crippen LogP contribution >= 0.6 is 22.9 Å². The first-order valence-electron chi connectivity index (χ1n) is 8.85. The number of aromatic nitrogens is 3. The van der Waals surface area contributed by atoms with Gasteiger partial charge in [0.2, 0.25) is 17.7 Å². The topological polar surface area (TPSA) is 106 Å². The van der Waals surface area contributed by atoms with E-state index in [0.29, 0.717) is 27.2 Å². The van der Waals surface area contributed by atoms with Crippen molar-refractivity contribution in [1.29, 1.82) is 0 Å². The minimum atomic E-state index is -1.05. The first-order chi connectivity index (χ1) is 13.6. The molecule has 0 aliphatic carbocycles. The minimum Gasteiger partial charge on any atom is -0.474 e. The number of hydrogen-bond donors (Lipinski definition) is 2. The van der Waals surface area contributed by atoms with E-state index in [1.54, 1.807) is 26.0 Å². The van der Waals surface area contributed by atoms with E-state index in [9.17, 15) is 9.90 Å². The zero-order valence-electron chi connectivity index (χ0n) is 16.4. The fourth-order valence-corrected chi connectivity index (χ4v) is 3.74. The molecule has 3 rings (SSSR count). The lowest BCUT2D eigenvalue weighted by Gasteiger charge is -2.13. The largest absolute Gasteiger partial charge is 0.474 e. The molecule has 29 heavy (non-hydrogen) atoms. The first kappa shape index (κ1) is 21.2. The standard InChI is InChI=1S/C19H21ClN4O4S/c1-10(23-11(2)25)9-27-14-7-22-15(8-21-14)28-13-6-5-12-17(16(13)20)29-18(24-12)19(3,4)26/h5-8,10,26H,9H2,1-4H3,(H,23,25)/t10-/m0/s1. The van der Waals surface area contributed by atoms with E-state index < -0.39 is 5.60 Å². The number of thiazole rings is 1. The Morgan fingerprint density at radius 1 is 1.31 bits per heavy atom. The first-order valence-corrected chi connectivity index (χ1v) is 10.0. The summed E-state index contributed by atoms with van der Waals surface area (Å²) in [5, 5.41) is 13.8. The van der Waals surface area contributed by atoms with E-state index in [2.05, 4.69) is 20.3 Å². The Morgan fingerprint density at radius 2 is 2.00 bits per heavy atom. The van der Waals surface area contributed by atoms with E-state index in [1.807, 2.05) is 6.92 Å². The van der Waals surface area contributed by atoms with E-state index in [0.717, 1.165) is 4.70 Å². The number of fused-ring (bicyclic) bond motifs is 1. The van der Waals surface area contributed by atoms with E-state index in [1.165, 1.54) is 30.7 Å². The predicted molar refractivity (Wildman–Crippen MR) is 111 cm³/mol. The van der Waals surface area contributed by atoms with Gasteiger partial charge in [0, 0.05) is 6.92 Å². The van der Waals surface area contributed by atoms with Gasteiger partial charge in [-0.05, 0) is 32.9 Å². The Labute approximate surface area is 176 Å². The van der Waals surface area contributed by atoms with Crippen molar-refractivity contribution in [3.05, 3.63) is 34.6 Å². The van der Waals surface area contributed by atoms with Crippen molar-refractivity contribution in [1.82, 2.24) is 20.3 Å². The summed E-state index contributed by atoms with van der Waals surface area (Å²) in [7, 11) is 0. The van der Waals surface area contributed by atoms with Gasteiger partial charge in [-0.1, -0.05) is 11.6 Å². The fraction of sp³-hybridized carbons (Fsp3) is 0.368. The van der Waals surface area contributed by atoms with Gasteiger partial charge in [-0.2, -0.15) is 0 Å². The van der Waals surface area contributed by atoms with E-state index in [4.69, 9.17) is 21.1 Å². The summed E-state index contributed by atoms with van der Waals surface area (Å²) in [6, 6.07) is 3.32. The summed E-state index contributed by atoms with van der Waals surface area (Å²) in [5.41, 5.74) is -0.361. The van der Waals surface area contributed by atoms with Crippen molar-refractivity contribution in [3.8, 4) is 17.5 Å². The maximum absolute atomic E-state index is 11.0. The van der Waals surface area contributed by atoms with Gasteiger partial charge >= 0.3 is 0 Å². The van der Waals surface area contributed by atoms with Crippen LogP contribution in [0.2, 0.25) is 5.02 Å². The summed E-state index contributed by atoms with van der Waals surface area (Å²) in [6.45, 7) is 6.89. The van der Waals surface area contributed by atoms with Gasteiger partial charge in [-0.15, -0.1) is 11.3 Å². The average molecular weight is 437 g/mol. The Hall–Kier alpha value is -2.49. The van der Waals surface area contributed by atoms with Gasteiger partial charge in [0.15, 0.2) is 0 Å². The van der Waals surface area contributed by atoms with Crippen LogP contribution in [-0.4, -0.2) is 38.6 Å². The van der Waals surface area contributed by atoms with Gasteiger partial charge in [0.1, 0.15) is 28.0 Å². The normalized spacial score (nSPS) is 12.6. The lowest BCUT2D eigenvalue weighted by Crippen LogP contribution is -2.35. The second kappa shape index (κ2) is 8.48. The highest BCUT2D eigenvalue weighted by Crippen LogP contribution is 2.40. The maximum Gasteiger partial charge on any atom is 0.238 e. The molecule has 2 N–H and O–H groups in total. The predicted octanol–water partition coefficient (Wildman–Crippen LogP) is 3.66. The molecule has 0 aliphatic rings. The number of hydrogen-bond acceptors (Lipinski definition) is 8. The average Bonchev–Trinajstić information content (AvgIpc) is 3.08. The second-order valence-corrected chi connectivity index (χ2v) is 8.39. The summed E-state index contributed by atoms with van der Waals surface area (Å²) in [4.78, 5) is 23.7. The maximum atomic E-state index is 11.0. The molecule has 0 radical (unpaired) electrons. The number of amides is 1. The fourth-order valence-electron chi connectivity index (χ4n) is 2.43. The van der Waals surface area contributed by atoms with Gasteiger partial charge in [0.25, 0.3) is 0 Å². The molecule has 10 heteroatoms. The van der Waals surface area contributed by atoms with Crippen LogP contribution in [0.15, 0.2) is 24.5 Å². The van der Waals surface area contributed by atoms with Crippen LogP contribution in [-0.2, 0) is 10.4 Å². The number of rotatable bonds is 7. The second-order valence-electron chi connectivity index (χ2n) is 7.01. The number of aliphatic hydroxyl groups is 1. The Morgan fingerprint density at radius 3 is 2.62 bits per heavy atom. The van der Waals surface area contributed by atoms with Crippen molar-refractivity contribution in [3.63, 3.8) is 0 Å². The molecule has 0 saturated carbocycles. The van der Waals surface area contributed by atoms with E-state index >= 15 is 0 Å². The molecule has 0 spiro atoms. The molecule has 1 aromatic carbocycles. The van der Waals surface area contributed by atoms with Crippen LogP contribution in [0, 0.1) is 0 Å². The quantitative estimate of drug-likeness (QED) is 0.582. The van der Waals surface area contributed by atoms with Crippen LogP contribution in [0.1, 0.15) is 32.7 Å².